The second-order valence-corrected chi connectivity index (χ2v) is 8.38. The molecular formula is C20H18N6OS2. The number of rotatable bonds is 6. The van der Waals surface area contributed by atoms with E-state index in [9.17, 15) is 4.79 Å². The lowest BCUT2D eigenvalue weighted by Crippen LogP contribution is -2.14. The molecule has 3 aromatic heterocycles. The lowest BCUT2D eigenvalue weighted by Gasteiger charge is -2.04. The van der Waals surface area contributed by atoms with Gasteiger partial charge in [-0.25, -0.2) is 4.98 Å². The number of aryl methyl sites for hydroxylation is 1. The summed E-state index contributed by atoms with van der Waals surface area (Å²) in [6, 6.07) is 13.7. The van der Waals surface area contributed by atoms with Crippen molar-refractivity contribution in [2.75, 3.05) is 11.1 Å². The van der Waals surface area contributed by atoms with Crippen LogP contribution >= 0.6 is 23.1 Å². The standard InChI is InChI=1S/C20H18N6OS2/c1-13-17(14-7-4-3-5-8-14)23-19(29-13)22-16(27)12-28-20-25-24-18(26(20)2)15-9-6-10-21-11-15/h3-11H,12H2,1-2H3,(H,22,23,27). The van der Waals surface area contributed by atoms with Crippen molar-refractivity contribution in [1.29, 1.82) is 0 Å². The summed E-state index contributed by atoms with van der Waals surface area (Å²) >= 11 is 2.80. The Morgan fingerprint density at radius 1 is 1.14 bits per heavy atom. The minimum atomic E-state index is -0.130. The van der Waals surface area contributed by atoms with Gasteiger partial charge in [-0.15, -0.1) is 21.5 Å². The molecule has 9 heteroatoms. The third-order valence-electron chi connectivity index (χ3n) is 4.18. The molecule has 0 fully saturated rings. The van der Waals surface area contributed by atoms with Crippen molar-refractivity contribution in [1.82, 2.24) is 24.7 Å². The molecule has 0 saturated carbocycles. The zero-order valence-electron chi connectivity index (χ0n) is 15.9. The largest absolute Gasteiger partial charge is 0.305 e. The Balaban J connectivity index is 1.40. The van der Waals surface area contributed by atoms with Crippen molar-refractivity contribution in [2.24, 2.45) is 7.05 Å². The van der Waals surface area contributed by atoms with E-state index >= 15 is 0 Å². The number of nitrogens with zero attached hydrogens (tertiary/aromatic N) is 5. The molecule has 3 heterocycles. The number of carbonyl (C=O) groups excluding carboxylic acids is 1. The highest BCUT2D eigenvalue weighted by atomic mass is 32.2. The molecular weight excluding hydrogens is 404 g/mol. The van der Waals surface area contributed by atoms with Gasteiger partial charge in [0, 0.05) is 35.4 Å². The fraction of sp³-hybridized carbons (Fsp3) is 0.150. The van der Waals surface area contributed by atoms with Crippen LogP contribution in [0.25, 0.3) is 22.6 Å². The van der Waals surface area contributed by atoms with Gasteiger partial charge in [-0.05, 0) is 19.1 Å². The van der Waals surface area contributed by atoms with E-state index < -0.39 is 0 Å². The van der Waals surface area contributed by atoms with Gasteiger partial charge in [0.1, 0.15) is 0 Å². The Morgan fingerprint density at radius 3 is 2.69 bits per heavy atom. The van der Waals surface area contributed by atoms with E-state index in [0.29, 0.717) is 16.1 Å². The Hall–Kier alpha value is -3.04. The first-order valence-corrected chi connectivity index (χ1v) is 10.7. The molecule has 0 aliphatic rings. The molecule has 1 amide bonds. The lowest BCUT2D eigenvalue weighted by molar-refractivity contribution is -0.113. The van der Waals surface area contributed by atoms with Gasteiger partial charge in [0.05, 0.1) is 11.4 Å². The number of nitrogens with one attached hydrogen (secondary N) is 1. The van der Waals surface area contributed by atoms with Gasteiger partial charge in [-0.2, -0.15) is 0 Å². The number of hydrogen-bond acceptors (Lipinski definition) is 7. The van der Waals surface area contributed by atoms with Crippen molar-refractivity contribution in [3.05, 3.63) is 59.7 Å². The molecule has 146 valence electrons. The molecule has 0 spiro atoms. The van der Waals surface area contributed by atoms with Gasteiger partial charge in [0.15, 0.2) is 16.1 Å². The van der Waals surface area contributed by atoms with Crippen LogP contribution in [0.15, 0.2) is 60.0 Å². The Morgan fingerprint density at radius 2 is 1.93 bits per heavy atom. The predicted octanol–water partition coefficient (Wildman–Crippen LogP) is 4.04. The van der Waals surface area contributed by atoms with E-state index in [2.05, 4.69) is 25.5 Å². The maximum atomic E-state index is 12.4. The number of benzene rings is 1. The number of anilines is 1. The zero-order valence-corrected chi connectivity index (χ0v) is 17.5. The van der Waals surface area contributed by atoms with Crippen LogP contribution in [-0.2, 0) is 11.8 Å². The van der Waals surface area contributed by atoms with Crippen molar-refractivity contribution in [2.45, 2.75) is 12.1 Å². The van der Waals surface area contributed by atoms with Crippen LogP contribution in [0.4, 0.5) is 5.13 Å². The fourth-order valence-electron chi connectivity index (χ4n) is 2.79. The second-order valence-electron chi connectivity index (χ2n) is 6.23. The first-order valence-electron chi connectivity index (χ1n) is 8.87. The summed E-state index contributed by atoms with van der Waals surface area (Å²) in [6.45, 7) is 2.00. The van der Waals surface area contributed by atoms with E-state index in [-0.39, 0.29) is 11.7 Å². The van der Waals surface area contributed by atoms with E-state index in [4.69, 9.17) is 0 Å². The fourth-order valence-corrected chi connectivity index (χ4v) is 4.35. The summed E-state index contributed by atoms with van der Waals surface area (Å²) in [6.07, 6.45) is 3.45. The normalized spacial score (nSPS) is 10.8. The highest BCUT2D eigenvalue weighted by Crippen LogP contribution is 2.30. The van der Waals surface area contributed by atoms with E-state index in [1.807, 2.05) is 61.0 Å². The van der Waals surface area contributed by atoms with Crippen molar-refractivity contribution in [3.8, 4) is 22.6 Å². The lowest BCUT2D eigenvalue weighted by atomic mass is 10.1. The van der Waals surface area contributed by atoms with Gasteiger partial charge < -0.3 is 9.88 Å². The number of pyridine rings is 1. The van der Waals surface area contributed by atoms with Gasteiger partial charge in [-0.3, -0.25) is 9.78 Å². The number of thiazole rings is 1. The van der Waals surface area contributed by atoms with Crippen LogP contribution in [0.3, 0.4) is 0 Å². The van der Waals surface area contributed by atoms with E-state index in [0.717, 1.165) is 21.7 Å². The molecule has 0 unspecified atom stereocenters. The molecule has 0 atom stereocenters. The van der Waals surface area contributed by atoms with Crippen LogP contribution in [-0.4, -0.2) is 36.4 Å². The molecule has 0 bridgehead atoms. The number of aromatic nitrogens is 5. The Labute approximate surface area is 176 Å². The van der Waals surface area contributed by atoms with Crippen molar-refractivity contribution >= 4 is 34.1 Å². The third-order valence-corrected chi connectivity index (χ3v) is 6.08. The summed E-state index contributed by atoms with van der Waals surface area (Å²) in [5, 5.41) is 12.5. The number of amides is 1. The summed E-state index contributed by atoms with van der Waals surface area (Å²) in [7, 11) is 1.87. The summed E-state index contributed by atoms with van der Waals surface area (Å²) in [5.41, 5.74) is 2.82. The molecule has 4 aromatic rings. The molecule has 0 saturated heterocycles. The van der Waals surface area contributed by atoms with Crippen LogP contribution in [0.1, 0.15) is 4.88 Å². The first-order chi connectivity index (χ1) is 14.1. The SMILES string of the molecule is Cc1sc(NC(=O)CSc2nnc(-c3cccnc3)n2C)nc1-c1ccccc1. The minimum absolute atomic E-state index is 0.130. The molecule has 0 aliphatic heterocycles. The molecule has 1 N–H and O–H groups in total. The molecule has 0 radical (unpaired) electrons. The van der Waals surface area contributed by atoms with Crippen molar-refractivity contribution < 1.29 is 4.79 Å². The average Bonchev–Trinajstić information content (AvgIpc) is 3.29. The Kier molecular flexibility index (Phi) is 5.68. The summed E-state index contributed by atoms with van der Waals surface area (Å²) in [5.74, 6) is 0.802. The van der Waals surface area contributed by atoms with Crippen LogP contribution in [0.2, 0.25) is 0 Å². The van der Waals surface area contributed by atoms with Crippen LogP contribution < -0.4 is 5.32 Å². The molecule has 29 heavy (non-hydrogen) atoms. The maximum Gasteiger partial charge on any atom is 0.236 e. The number of hydrogen-bond donors (Lipinski definition) is 1. The average molecular weight is 423 g/mol. The minimum Gasteiger partial charge on any atom is -0.305 e. The van der Waals surface area contributed by atoms with Crippen molar-refractivity contribution in [3.63, 3.8) is 0 Å². The highest BCUT2D eigenvalue weighted by molar-refractivity contribution is 7.99. The van der Waals surface area contributed by atoms with E-state index in [1.165, 1.54) is 23.1 Å². The van der Waals surface area contributed by atoms with Gasteiger partial charge in [0.25, 0.3) is 0 Å². The molecule has 1 aromatic carbocycles. The van der Waals surface area contributed by atoms with Gasteiger partial charge >= 0.3 is 0 Å². The molecule has 0 aliphatic carbocycles. The quantitative estimate of drug-likeness (QED) is 0.472. The van der Waals surface area contributed by atoms with Gasteiger partial charge in [0.2, 0.25) is 5.91 Å². The van der Waals surface area contributed by atoms with Crippen LogP contribution in [0.5, 0.6) is 0 Å². The topological polar surface area (TPSA) is 85.6 Å². The summed E-state index contributed by atoms with van der Waals surface area (Å²) in [4.78, 5) is 22.1. The van der Waals surface area contributed by atoms with Crippen LogP contribution in [0, 0.1) is 6.92 Å². The molecule has 4 rings (SSSR count). The monoisotopic (exact) mass is 422 g/mol. The third kappa shape index (κ3) is 4.36. The highest BCUT2D eigenvalue weighted by Gasteiger charge is 2.15. The van der Waals surface area contributed by atoms with E-state index in [1.54, 1.807) is 12.4 Å². The first kappa shape index (κ1) is 19.3. The second kappa shape index (κ2) is 8.54. The number of thioether (sulfide) groups is 1. The predicted molar refractivity (Wildman–Crippen MR) is 116 cm³/mol. The maximum absolute atomic E-state index is 12.4. The van der Waals surface area contributed by atoms with Gasteiger partial charge in [-0.1, -0.05) is 42.1 Å². The number of carbonyl (C=O) groups is 1. The molecule has 7 nitrogen and oxygen atoms in total. The summed E-state index contributed by atoms with van der Waals surface area (Å²) < 4.78 is 1.86. The Bertz CT molecular complexity index is 1120. The smallest absolute Gasteiger partial charge is 0.236 e. The zero-order chi connectivity index (χ0) is 20.2.